The molecule has 2 aliphatic rings. The molecule has 1 aliphatic carbocycles. The summed E-state index contributed by atoms with van der Waals surface area (Å²) in [6.45, 7) is 2.56. The van der Waals surface area contributed by atoms with Crippen LogP contribution in [0.4, 0.5) is 5.82 Å². The van der Waals surface area contributed by atoms with Crippen LogP contribution in [-0.4, -0.2) is 28.6 Å². The Morgan fingerprint density at radius 1 is 0.971 bits per heavy atom. The highest BCUT2D eigenvalue weighted by atomic mass is 16.5. The lowest BCUT2D eigenvalue weighted by Crippen LogP contribution is -2.42. The van der Waals surface area contributed by atoms with Crippen molar-refractivity contribution in [3.8, 4) is 11.5 Å². The SMILES string of the molecule is CCCOc1ccc([C@H]2C3=C(Nc4c2c(=O)n(C)c(=O)n4C)c2ccccc2C3=O)cc1OC. The van der Waals surface area contributed by atoms with Gasteiger partial charge in [0.25, 0.3) is 5.56 Å². The molecule has 5 rings (SSSR count). The highest BCUT2D eigenvalue weighted by Gasteiger charge is 2.42. The van der Waals surface area contributed by atoms with Crippen molar-refractivity contribution in [3.05, 3.63) is 91.1 Å². The molecule has 8 heteroatoms. The molecule has 1 N–H and O–H groups in total. The van der Waals surface area contributed by atoms with Crippen LogP contribution in [-0.2, 0) is 14.1 Å². The minimum absolute atomic E-state index is 0.144. The number of ether oxygens (including phenoxy) is 2. The van der Waals surface area contributed by atoms with Gasteiger partial charge in [0.2, 0.25) is 0 Å². The van der Waals surface area contributed by atoms with E-state index >= 15 is 0 Å². The van der Waals surface area contributed by atoms with Gasteiger partial charge in [-0.05, 0) is 24.1 Å². The van der Waals surface area contributed by atoms with Gasteiger partial charge in [0.1, 0.15) is 5.82 Å². The number of nitrogens with one attached hydrogen (secondary N) is 1. The van der Waals surface area contributed by atoms with Gasteiger partial charge in [-0.1, -0.05) is 37.3 Å². The van der Waals surface area contributed by atoms with Gasteiger partial charge >= 0.3 is 5.69 Å². The number of ketones is 1. The average Bonchev–Trinajstić information content (AvgIpc) is 3.15. The molecule has 0 radical (unpaired) electrons. The Labute approximate surface area is 196 Å². The number of Topliss-reactive ketones (excluding diaryl/α,β-unsaturated/α-hetero) is 1. The number of carbonyl (C=O) groups excluding carboxylic acids is 1. The van der Waals surface area contributed by atoms with Gasteiger partial charge in [0.15, 0.2) is 17.3 Å². The Bertz CT molecular complexity index is 1500. The smallest absolute Gasteiger partial charge is 0.332 e. The summed E-state index contributed by atoms with van der Waals surface area (Å²) in [6.07, 6.45) is 0.847. The summed E-state index contributed by atoms with van der Waals surface area (Å²) in [7, 11) is 4.61. The standard InChI is InChI=1S/C26H25N3O5/c1-5-12-34-17-11-10-14(13-18(17)33-4)19-20-22(15-8-6-7-9-16(15)23(20)30)27-24-21(19)25(31)29(3)26(32)28(24)2/h6-11,13,19,27H,5,12H2,1-4H3/t19-/m0/s1. The van der Waals surface area contributed by atoms with Gasteiger partial charge in [-0.3, -0.25) is 18.7 Å². The molecular formula is C26H25N3O5. The monoisotopic (exact) mass is 459 g/mol. The number of hydrogen-bond acceptors (Lipinski definition) is 6. The molecule has 2 aromatic carbocycles. The van der Waals surface area contributed by atoms with Crippen LogP contribution >= 0.6 is 0 Å². The number of rotatable bonds is 5. The summed E-state index contributed by atoms with van der Waals surface area (Å²) in [5.41, 5.74) is 2.56. The average molecular weight is 460 g/mol. The van der Waals surface area contributed by atoms with Crippen molar-refractivity contribution < 1.29 is 14.3 Å². The Balaban J connectivity index is 1.80. The van der Waals surface area contributed by atoms with E-state index in [0.717, 1.165) is 16.6 Å². The van der Waals surface area contributed by atoms with E-state index in [1.807, 2.05) is 31.2 Å². The van der Waals surface area contributed by atoms with Crippen molar-refractivity contribution in [1.82, 2.24) is 9.13 Å². The van der Waals surface area contributed by atoms with Gasteiger partial charge in [0.05, 0.1) is 25.0 Å². The molecule has 0 saturated heterocycles. The van der Waals surface area contributed by atoms with E-state index in [9.17, 15) is 14.4 Å². The van der Waals surface area contributed by atoms with Crippen molar-refractivity contribution in [3.63, 3.8) is 0 Å². The second-order valence-electron chi connectivity index (χ2n) is 8.45. The van der Waals surface area contributed by atoms with Crippen LogP contribution in [0, 0.1) is 0 Å². The third kappa shape index (κ3) is 3.02. The lowest BCUT2D eigenvalue weighted by molar-refractivity contribution is 0.103. The summed E-state index contributed by atoms with van der Waals surface area (Å²) in [5.74, 6) is 0.649. The number of nitrogens with zero attached hydrogens (tertiary/aromatic N) is 2. The van der Waals surface area contributed by atoms with Crippen molar-refractivity contribution in [2.24, 2.45) is 14.1 Å². The summed E-state index contributed by atoms with van der Waals surface area (Å²) >= 11 is 0. The molecule has 0 unspecified atom stereocenters. The molecule has 174 valence electrons. The van der Waals surface area contributed by atoms with Gasteiger partial charge in [-0.15, -0.1) is 0 Å². The van der Waals surface area contributed by atoms with Crippen LogP contribution in [0.15, 0.2) is 57.6 Å². The Hall–Kier alpha value is -4.07. The summed E-state index contributed by atoms with van der Waals surface area (Å²) in [4.78, 5) is 39.7. The van der Waals surface area contributed by atoms with E-state index in [1.54, 1.807) is 32.4 Å². The summed E-state index contributed by atoms with van der Waals surface area (Å²) in [5, 5.41) is 3.24. The minimum atomic E-state index is -0.689. The molecule has 0 saturated carbocycles. The number of hydrogen-bond donors (Lipinski definition) is 1. The Morgan fingerprint density at radius 2 is 1.71 bits per heavy atom. The molecule has 1 aromatic heterocycles. The number of benzene rings is 2. The topological polar surface area (TPSA) is 91.6 Å². The maximum Gasteiger partial charge on any atom is 0.332 e. The molecule has 3 aromatic rings. The van der Waals surface area contributed by atoms with Crippen LogP contribution in [0.25, 0.3) is 5.70 Å². The fourth-order valence-corrected chi connectivity index (χ4v) is 4.79. The number of carbonyl (C=O) groups is 1. The Kier molecular flexibility index (Phi) is 5.16. The minimum Gasteiger partial charge on any atom is -0.493 e. The third-order valence-corrected chi connectivity index (χ3v) is 6.46. The van der Waals surface area contributed by atoms with Crippen molar-refractivity contribution >= 4 is 17.3 Å². The summed E-state index contributed by atoms with van der Waals surface area (Å²) in [6, 6.07) is 12.8. The van der Waals surface area contributed by atoms with E-state index in [4.69, 9.17) is 9.47 Å². The third-order valence-electron chi connectivity index (χ3n) is 6.46. The number of anilines is 1. The van der Waals surface area contributed by atoms with Crippen molar-refractivity contribution in [1.29, 1.82) is 0 Å². The zero-order valence-electron chi connectivity index (χ0n) is 19.5. The van der Waals surface area contributed by atoms with Crippen LogP contribution in [0.1, 0.15) is 46.3 Å². The highest BCUT2D eigenvalue weighted by molar-refractivity contribution is 6.23. The van der Waals surface area contributed by atoms with E-state index in [2.05, 4.69) is 5.32 Å². The lowest BCUT2D eigenvalue weighted by atomic mass is 9.81. The van der Waals surface area contributed by atoms with Crippen molar-refractivity contribution in [2.75, 3.05) is 19.0 Å². The van der Waals surface area contributed by atoms with Crippen LogP contribution in [0.5, 0.6) is 11.5 Å². The number of allylic oxidation sites excluding steroid dienone is 1. The van der Waals surface area contributed by atoms with Gasteiger partial charge in [0, 0.05) is 36.7 Å². The largest absolute Gasteiger partial charge is 0.493 e. The maximum atomic E-state index is 13.6. The van der Waals surface area contributed by atoms with Crippen LogP contribution in [0.3, 0.4) is 0 Å². The molecule has 0 spiro atoms. The van der Waals surface area contributed by atoms with E-state index in [0.29, 0.717) is 51.9 Å². The molecule has 0 bridgehead atoms. The number of fused-ring (bicyclic) bond motifs is 3. The first kappa shape index (κ1) is 21.8. The normalized spacial score (nSPS) is 16.0. The first-order valence-corrected chi connectivity index (χ1v) is 11.1. The maximum absolute atomic E-state index is 13.6. The molecule has 0 fully saturated rings. The molecule has 2 heterocycles. The fraction of sp³-hybridized carbons (Fsp3) is 0.269. The number of methoxy groups -OCH3 is 1. The lowest BCUT2D eigenvalue weighted by Gasteiger charge is -2.30. The predicted molar refractivity (Wildman–Crippen MR) is 129 cm³/mol. The van der Waals surface area contributed by atoms with Gasteiger partial charge in [-0.2, -0.15) is 0 Å². The predicted octanol–water partition coefficient (Wildman–Crippen LogP) is 3.05. The quantitative estimate of drug-likeness (QED) is 0.631. The van der Waals surface area contributed by atoms with Crippen LogP contribution < -0.4 is 26.0 Å². The van der Waals surface area contributed by atoms with Crippen LogP contribution in [0.2, 0.25) is 0 Å². The van der Waals surface area contributed by atoms with Gasteiger partial charge < -0.3 is 14.8 Å². The zero-order chi connectivity index (χ0) is 24.1. The van der Waals surface area contributed by atoms with E-state index in [-0.39, 0.29) is 5.78 Å². The molecule has 0 amide bonds. The fourth-order valence-electron chi connectivity index (χ4n) is 4.79. The first-order valence-electron chi connectivity index (χ1n) is 11.1. The highest BCUT2D eigenvalue weighted by Crippen LogP contribution is 2.48. The molecule has 34 heavy (non-hydrogen) atoms. The Morgan fingerprint density at radius 3 is 2.41 bits per heavy atom. The van der Waals surface area contributed by atoms with E-state index < -0.39 is 17.2 Å². The summed E-state index contributed by atoms with van der Waals surface area (Å²) < 4.78 is 13.9. The molecule has 1 atom stereocenters. The zero-order valence-corrected chi connectivity index (χ0v) is 19.5. The number of aromatic nitrogens is 2. The second kappa shape index (κ2) is 8.06. The molecule has 1 aliphatic heterocycles. The van der Waals surface area contributed by atoms with E-state index in [1.165, 1.54) is 11.6 Å². The first-order chi connectivity index (χ1) is 16.4. The van der Waals surface area contributed by atoms with Gasteiger partial charge in [-0.25, -0.2) is 4.79 Å². The molecular weight excluding hydrogens is 434 g/mol. The van der Waals surface area contributed by atoms with Crippen molar-refractivity contribution in [2.45, 2.75) is 19.3 Å². The second-order valence-corrected chi connectivity index (χ2v) is 8.45. The molecule has 8 nitrogen and oxygen atoms in total.